The number of nitrogens with one attached hydrogen (secondary N) is 1. The zero-order valence-corrected chi connectivity index (χ0v) is 12.9. The van der Waals surface area contributed by atoms with Crippen LogP contribution in [0.15, 0.2) is 24.3 Å². The zero-order valence-electron chi connectivity index (χ0n) is 11.4. The van der Waals surface area contributed by atoms with E-state index >= 15 is 0 Å². The van der Waals surface area contributed by atoms with Gasteiger partial charge in [-0.1, -0.05) is 12.1 Å². The summed E-state index contributed by atoms with van der Waals surface area (Å²) in [4.78, 5) is 12.3. The Morgan fingerprint density at radius 3 is 2.57 bits per heavy atom. The molecule has 3 rings (SSSR count). The fourth-order valence-corrected chi connectivity index (χ4v) is 3.32. The number of halogens is 3. The fourth-order valence-electron chi connectivity index (χ4n) is 2.81. The predicted octanol–water partition coefficient (Wildman–Crippen LogP) is 3.14. The minimum absolute atomic E-state index is 0.175. The van der Waals surface area contributed by atoms with E-state index in [4.69, 9.17) is 27.9 Å². The van der Waals surface area contributed by atoms with Crippen molar-refractivity contribution in [1.29, 1.82) is 0 Å². The van der Waals surface area contributed by atoms with Crippen LogP contribution in [0.5, 0.6) is 0 Å². The minimum Gasteiger partial charge on any atom is -0.381 e. The molecule has 1 amide bonds. The molecule has 1 aliphatic heterocycles. The van der Waals surface area contributed by atoms with Gasteiger partial charge in [0.1, 0.15) is 10.2 Å². The van der Waals surface area contributed by atoms with Crippen molar-refractivity contribution in [2.45, 2.75) is 29.1 Å². The maximum Gasteiger partial charge on any atom is 0.226 e. The van der Waals surface area contributed by atoms with Crippen molar-refractivity contribution in [1.82, 2.24) is 5.32 Å². The van der Waals surface area contributed by atoms with E-state index in [0.717, 1.165) is 5.56 Å². The molecule has 1 saturated heterocycles. The minimum atomic E-state index is -0.960. The van der Waals surface area contributed by atoms with E-state index in [1.54, 1.807) is 6.07 Å². The Morgan fingerprint density at radius 2 is 2.00 bits per heavy atom. The lowest BCUT2D eigenvalue weighted by molar-refractivity contribution is -0.125. The Kier molecular flexibility index (Phi) is 3.89. The van der Waals surface area contributed by atoms with E-state index < -0.39 is 15.8 Å². The van der Waals surface area contributed by atoms with E-state index in [1.807, 2.05) is 6.07 Å². The normalized spacial score (nSPS) is 26.1. The molecule has 0 radical (unpaired) electrons. The average Bonchev–Trinajstić information content (AvgIpc) is 3.09. The molecular formula is C15H16Cl2FNO2. The van der Waals surface area contributed by atoms with E-state index in [2.05, 4.69) is 5.32 Å². The highest BCUT2D eigenvalue weighted by Crippen LogP contribution is 2.53. The molecule has 2 aliphatic rings. The molecule has 114 valence electrons. The van der Waals surface area contributed by atoms with Crippen molar-refractivity contribution >= 4 is 29.1 Å². The van der Waals surface area contributed by atoms with Gasteiger partial charge in [0.15, 0.2) is 0 Å². The molecule has 0 aromatic heterocycles. The first kappa shape index (κ1) is 15.1. The van der Waals surface area contributed by atoms with Gasteiger partial charge in [0.05, 0.1) is 11.5 Å². The predicted molar refractivity (Wildman–Crippen MR) is 78.8 cm³/mol. The number of ether oxygens (including phenoxy) is 1. The van der Waals surface area contributed by atoms with Crippen molar-refractivity contribution in [3.05, 3.63) is 35.6 Å². The molecule has 0 unspecified atom stereocenters. The van der Waals surface area contributed by atoms with Crippen LogP contribution in [0, 0.1) is 11.7 Å². The third-order valence-corrected chi connectivity index (χ3v) is 5.06. The van der Waals surface area contributed by atoms with Crippen LogP contribution < -0.4 is 5.32 Å². The second-order valence-corrected chi connectivity index (χ2v) is 7.25. The molecule has 1 aromatic carbocycles. The Bertz CT molecular complexity index is 558. The third kappa shape index (κ3) is 3.03. The first-order valence-electron chi connectivity index (χ1n) is 6.97. The van der Waals surface area contributed by atoms with E-state index in [9.17, 15) is 9.18 Å². The van der Waals surface area contributed by atoms with Crippen LogP contribution in [0.1, 0.15) is 24.8 Å². The number of alkyl halides is 2. The van der Waals surface area contributed by atoms with E-state index in [-0.39, 0.29) is 11.7 Å². The van der Waals surface area contributed by atoms with Gasteiger partial charge < -0.3 is 10.1 Å². The number of rotatable bonds is 3. The van der Waals surface area contributed by atoms with Crippen molar-refractivity contribution in [3.63, 3.8) is 0 Å². The van der Waals surface area contributed by atoms with Crippen molar-refractivity contribution < 1.29 is 13.9 Å². The fraction of sp³-hybridized carbons (Fsp3) is 0.533. The van der Waals surface area contributed by atoms with Gasteiger partial charge in [0.25, 0.3) is 0 Å². The smallest absolute Gasteiger partial charge is 0.226 e. The van der Waals surface area contributed by atoms with Gasteiger partial charge in [-0.15, -0.1) is 23.2 Å². The third-order valence-electron chi connectivity index (χ3n) is 4.23. The van der Waals surface area contributed by atoms with Gasteiger partial charge in [-0.3, -0.25) is 4.79 Å². The highest BCUT2D eigenvalue weighted by molar-refractivity contribution is 6.52. The summed E-state index contributed by atoms with van der Waals surface area (Å²) in [7, 11) is 0. The number of amides is 1. The van der Waals surface area contributed by atoms with Crippen LogP contribution in [0.2, 0.25) is 0 Å². The van der Waals surface area contributed by atoms with Gasteiger partial charge >= 0.3 is 0 Å². The number of carbonyl (C=O) groups is 1. The summed E-state index contributed by atoms with van der Waals surface area (Å²) in [6.45, 7) is 1.04. The average molecular weight is 332 g/mol. The lowest BCUT2D eigenvalue weighted by Crippen LogP contribution is -2.50. The Labute approximate surface area is 132 Å². The topological polar surface area (TPSA) is 38.3 Å². The molecule has 6 heteroatoms. The maximum atomic E-state index is 13.5. The number of carbonyl (C=O) groups excluding carboxylic acids is 1. The van der Waals surface area contributed by atoms with Crippen LogP contribution in [-0.2, 0) is 15.1 Å². The summed E-state index contributed by atoms with van der Waals surface area (Å²) < 4.78 is 18.0. The molecule has 21 heavy (non-hydrogen) atoms. The van der Waals surface area contributed by atoms with Crippen LogP contribution in [-0.4, -0.2) is 23.5 Å². The first-order chi connectivity index (χ1) is 9.93. The molecule has 2 fully saturated rings. The summed E-state index contributed by atoms with van der Waals surface area (Å²) in [6, 6.07) is 6.34. The Balaban J connectivity index is 1.85. The quantitative estimate of drug-likeness (QED) is 0.864. The van der Waals surface area contributed by atoms with Gasteiger partial charge in [-0.2, -0.15) is 0 Å². The van der Waals surface area contributed by atoms with Gasteiger partial charge in [-0.05, 0) is 37.0 Å². The van der Waals surface area contributed by atoms with Gasteiger partial charge in [0.2, 0.25) is 5.91 Å². The number of hydrogen-bond acceptors (Lipinski definition) is 2. The molecular weight excluding hydrogens is 316 g/mol. The van der Waals surface area contributed by atoms with Crippen molar-refractivity contribution in [2.75, 3.05) is 13.2 Å². The Morgan fingerprint density at radius 1 is 1.33 bits per heavy atom. The molecule has 1 N–H and O–H groups in total. The lowest BCUT2D eigenvalue weighted by Gasteiger charge is -2.38. The molecule has 1 aliphatic carbocycles. The van der Waals surface area contributed by atoms with Gasteiger partial charge in [-0.25, -0.2) is 4.39 Å². The second-order valence-electron chi connectivity index (χ2n) is 5.71. The van der Waals surface area contributed by atoms with Crippen molar-refractivity contribution in [2.24, 2.45) is 5.92 Å². The van der Waals surface area contributed by atoms with Gasteiger partial charge in [0, 0.05) is 13.2 Å². The summed E-state index contributed by atoms with van der Waals surface area (Å²) >= 11 is 11.9. The standard InChI is InChI=1S/C15H16Cl2FNO2/c16-15(17)9-12(15)13(20)19-14(4-6-21-7-5-14)10-2-1-3-11(18)8-10/h1-3,8,12H,4-7,9H2,(H,19,20)/t12-/m0/s1. The molecule has 1 aromatic rings. The molecule has 1 saturated carbocycles. The largest absolute Gasteiger partial charge is 0.381 e. The molecule has 3 nitrogen and oxygen atoms in total. The summed E-state index contributed by atoms with van der Waals surface area (Å²) in [5.41, 5.74) is 0.152. The summed E-state index contributed by atoms with van der Waals surface area (Å²) in [5, 5.41) is 3.04. The van der Waals surface area contributed by atoms with E-state index in [0.29, 0.717) is 32.5 Å². The molecule has 0 bridgehead atoms. The Hall–Kier alpha value is -0.840. The van der Waals surface area contributed by atoms with Crippen molar-refractivity contribution in [3.8, 4) is 0 Å². The molecule has 0 spiro atoms. The molecule has 1 heterocycles. The zero-order chi connectivity index (χ0) is 15.1. The van der Waals surface area contributed by atoms with E-state index in [1.165, 1.54) is 12.1 Å². The highest BCUT2D eigenvalue weighted by Gasteiger charge is 2.57. The maximum absolute atomic E-state index is 13.5. The first-order valence-corrected chi connectivity index (χ1v) is 7.72. The lowest BCUT2D eigenvalue weighted by atomic mass is 9.82. The number of hydrogen-bond donors (Lipinski definition) is 1. The summed E-state index contributed by atoms with van der Waals surface area (Å²) in [5.74, 6) is -0.886. The number of benzene rings is 1. The highest BCUT2D eigenvalue weighted by atomic mass is 35.5. The van der Waals surface area contributed by atoms with Crippen LogP contribution >= 0.6 is 23.2 Å². The SMILES string of the molecule is O=C(NC1(c2cccc(F)c2)CCOCC1)[C@@H]1CC1(Cl)Cl. The molecule has 1 atom stereocenters. The second kappa shape index (κ2) is 5.41. The summed E-state index contributed by atoms with van der Waals surface area (Å²) in [6.07, 6.45) is 1.66. The van der Waals surface area contributed by atoms with Crippen LogP contribution in [0.3, 0.4) is 0 Å². The monoisotopic (exact) mass is 331 g/mol. The van der Waals surface area contributed by atoms with Crippen LogP contribution in [0.4, 0.5) is 4.39 Å². The van der Waals surface area contributed by atoms with Crippen LogP contribution in [0.25, 0.3) is 0 Å².